The maximum Gasteiger partial charge on any atom is 0.0447 e. The molecule has 2 rings (SSSR count). The summed E-state index contributed by atoms with van der Waals surface area (Å²) in [6, 6.07) is 11.2. The van der Waals surface area contributed by atoms with Gasteiger partial charge < -0.3 is 11.5 Å². The summed E-state index contributed by atoms with van der Waals surface area (Å²) in [5.41, 5.74) is 14.8. The summed E-state index contributed by atoms with van der Waals surface area (Å²) >= 11 is 9.25. The highest BCUT2D eigenvalue weighted by Crippen LogP contribution is 2.34. The summed E-state index contributed by atoms with van der Waals surface area (Å²) in [5.74, 6) is 0. The van der Waals surface area contributed by atoms with Gasteiger partial charge in [0.2, 0.25) is 0 Å². The van der Waals surface area contributed by atoms with Crippen molar-refractivity contribution in [2.24, 2.45) is 0 Å². The molecule has 0 atom stereocenters. The van der Waals surface area contributed by atoms with Crippen LogP contribution in [0.4, 0.5) is 11.4 Å². The van der Waals surface area contributed by atoms with Gasteiger partial charge in [0.05, 0.1) is 0 Å². The molecule has 2 aromatic carbocycles. The van der Waals surface area contributed by atoms with Crippen LogP contribution in [-0.2, 0) is 0 Å². The van der Waals surface area contributed by atoms with Crippen LogP contribution in [0.2, 0.25) is 5.02 Å². The van der Waals surface area contributed by atoms with E-state index in [1.165, 1.54) is 0 Å². The third-order valence-corrected chi connectivity index (χ3v) is 3.04. The van der Waals surface area contributed by atoms with Gasteiger partial charge in [-0.3, -0.25) is 0 Å². The van der Waals surface area contributed by atoms with Crippen LogP contribution in [0.15, 0.2) is 40.9 Å². The average Bonchev–Trinajstić information content (AvgIpc) is 2.19. The molecule has 0 aliphatic rings. The number of hydrogen-bond donors (Lipinski definition) is 2. The monoisotopic (exact) mass is 296 g/mol. The smallest absolute Gasteiger partial charge is 0.0447 e. The zero-order chi connectivity index (χ0) is 11.7. The zero-order valence-corrected chi connectivity index (χ0v) is 10.7. The Bertz CT molecular complexity index is 500. The van der Waals surface area contributed by atoms with E-state index in [0.717, 1.165) is 15.6 Å². The molecule has 82 valence electrons. The van der Waals surface area contributed by atoms with E-state index in [1.807, 2.05) is 24.3 Å². The van der Waals surface area contributed by atoms with Crippen LogP contribution in [0, 0.1) is 0 Å². The summed E-state index contributed by atoms with van der Waals surface area (Å²) in [5, 5.41) is 0.552. The second kappa shape index (κ2) is 4.36. The maximum absolute atomic E-state index is 5.92. The van der Waals surface area contributed by atoms with Gasteiger partial charge >= 0.3 is 0 Å². The minimum Gasteiger partial charge on any atom is -0.398 e. The van der Waals surface area contributed by atoms with Gasteiger partial charge in [-0.25, -0.2) is 0 Å². The van der Waals surface area contributed by atoms with E-state index in [9.17, 15) is 0 Å². The van der Waals surface area contributed by atoms with Gasteiger partial charge in [-0.15, -0.1) is 0 Å². The first-order valence-electron chi connectivity index (χ1n) is 4.68. The Labute approximate surface area is 107 Å². The molecule has 0 heterocycles. The van der Waals surface area contributed by atoms with Crippen molar-refractivity contribution in [3.8, 4) is 11.1 Å². The van der Waals surface area contributed by atoms with Crippen molar-refractivity contribution < 1.29 is 0 Å². The number of nitrogen functional groups attached to an aromatic ring is 2. The van der Waals surface area contributed by atoms with Crippen molar-refractivity contribution in [1.82, 2.24) is 0 Å². The van der Waals surface area contributed by atoms with Gasteiger partial charge in [0.15, 0.2) is 0 Å². The predicted octanol–water partition coefficient (Wildman–Crippen LogP) is 3.93. The van der Waals surface area contributed by atoms with Crippen LogP contribution < -0.4 is 11.5 Å². The summed E-state index contributed by atoms with van der Waals surface area (Å²) in [4.78, 5) is 0. The Morgan fingerprint density at radius 1 is 0.938 bits per heavy atom. The number of rotatable bonds is 1. The highest BCUT2D eigenvalue weighted by molar-refractivity contribution is 9.10. The minimum absolute atomic E-state index is 0.552. The minimum atomic E-state index is 0.552. The molecule has 0 aliphatic heterocycles. The molecular formula is C12H10BrClN2. The Hall–Kier alpha value is -1.19. The molecule has 2 nitrogen and oxygen atoms in total. The number of hydrogen-bond acceptors (Lipinski definition) is 2. The largest absolute Gasteiger partial charge is 0.398 e. The molecule has 0 bridgehead atoms. The summed E-state index contributed by atoms with van der Waals surface area (Å²) in [7, 11) is 0. The first kappa shape index (κ1) is 11.3. The average molecular weight is 298 g/mol. The fourth-order valence-electron chi connectivity index (χ4n) is 1.60. The molecule has 2 aromatic rings. The van der Waals surface area contributed by atoms with Crippen LogP contribution in [-0.4, -0.2) is 0 Å². The Morgan fingerprint density at radius 3 is 1.94 bits per heavy atom. The van der Waals surface area contributed by atoms with E-state index in [0.29, 0.717) is 16.4 Å². The number of anilines is 2. The van der Waals surface area contributed by atoms with Crippen molar-refractivity contribution >= 4 is 38.9 Å². The van der Waals surface area contributed by atoms with E-state index >= 15 is 0 Å². The standard InChI is InChI=1S/C12H10BrClN2/c13-8-3-1-7(2-4-8)12-10(15)5-9(14)6-11(12)16/h1-6H,15-16H2. The van der Waals surface area contributed by atoms with Gasteiger partial charge in [-0.1, -0.05) is 39.7 Å². The Morgan fingerprint density at radius 2 is 1.44 bits per heavy atom. The van der Waals surface area contributed by atoms with Crippen LogP contribution in [0.1, 0.15) is 0 Å². The molecule has 0 amide bonds. The lowest BCUT2D eigenvalue weighted by Crippen LogP contribution is -1.96. The van der Waals surface area contributed by atoms with Gasteiger partial charge in [0.25, 0.3) is 0 Å². The SMILES string of the molecule is Nc1cc(Cl)cc(N)c1-c1ccc(Br)cc1. The maximum atomic E-state index is 5.92. The fraction of sp³-hybridized carbons (Fsp3) is 0. The lowest BCUT2D eigenvalue weighted by molar-refractivity contribution is 1.58. The first-order valence-corrected chi connectivity index (χ1v) is 5.85. The summed E-state index contributed by atoms with van der Waals surface area (Å²) < 4.78 is 1.02. The summed E-state index contributed by atoms with van der Waals surface area (Å²) in [6.07, 6.45) is 0. The highest BCUT2D eigenvalue weighted by atomic mass is 79.9. The third kappa shape index (κ3) is 2.15. The topological polar surface area (TPSA) is 52.0 Å². The molecule has 0 spiro atoms. The van der Waals surface area contributed by atoms with Crippen LogP contribution in [0.3, 0.4) is 0 Å². The number of benzene rings is 2. The molecule has 0 saturated carbocycles. The quantitative estimate of drug-likeness (QED) is 0.784. The lowest BCUT2D eigenvalue weighted by atomic mass is 10.0. The Kier molecular flexibility index (Phi) is 3.08. The van der Waals surface area contributed by atoms with Gasteiger partial charge in [-0.2, -0.15) is 0 Å². The second-order valence-corrected chi connectivity index (χ2v) is 4.82. The van der Waals surface area contributed by atoms with Crippen molar-refractivity contribution in [3.05, 3.63) is 45.9 Å². The normalized spacial score (nSPS) is 10.4. The first-order chi connectivity index (χ1) is 7.58. The van der Waals surface area contributed by atoms with Gasteiger partial charge in [-0.05, 0) is 29.8 Å². The molecule has 16 heavy (non-hydrogen) atoms. The molecule has 0 fully saturated rings. The van der Waals surface area contributed by atoms with Crippen LogP contribution in [0.25, 0.3) is 11.1 Å². The molecule has 4 N–H and O–H groups in total. The van der Waals surface area contributed by atoms with Gasteiger partial charge in [0.1, 0.15) is 0 Å². The third-order valence-electron chi connectivity index (χ3n) is 2.30. The number of halogens is 2. The predicted molar refractivity (Wildman–Crippen MR) is 73.4 cm³/mol. The molecule has 0 aliphatic carbocycles. The summed E-state index contributed by atoms with van der Waals surface area (Å²) in [6.45, 7) is 0. The molecule has 0 aromatic heterocycles. The molecule has 0 radical (unpaired) electrons. The van der Waals surface area contributed by atoms with E-state index in [4.69, 9.17) is 23.1 Å². The van der Waals surface area contributed by atoms with Gasteiger partial charge in [0, 0.05) is 26.4 Å². The van der Waals surface area contributed by atoms with E-state index < -0.39 is 0 Å². The second-order valence-electron chi connectivity index (χ2n) is 3.47. The zero-order valence-electron chi connectivity index (χ0n) is 8.37. The Balaban J connectivity index is 2.60. The fourth-order valence-corrected chi connectivity index (χ4v) is 2.10. The molecular weight excluding hydrogens is 288 g/mol. The van der Waals surface area contributed by atoms with Crippen molar-refractivity contribution in [2.45, 2.75) is 0 Å². The van der Waals surface area contributed by atoms with Crippen molar-refractivity contribution in [3.63, 3.8) is 0 Å². The van der Waals surface area contributed by atoms with Crippen molar-refractivity contribution in [2.75, 3.05) is 11.5 Å². The molecule has 0 saturated heterocycles. The molecule has 0 unspecified atom stereocenters. The van der Waals surface area contributed by atoms with E-state index in [2.05, 4.69) is 15.9 Å². The van der Waals surface area contributed by atoms with Crippen LogP contribution >= 0.6 is 27.5 Å². The van der Waals surface area contributed by atoms with E-state index in [1.54, 1.807) is 12.1 Å². The lowest BCUT2D eigenvalue weighted by Gasteiger charge is -2.10. The van der Waals surface area contributed by atoms with E-state index in [-0.39, 0.29) is 0 Å². The van der Waals surface area contributed by atoms with Crippen LogP contribution in [0.5, 0.6) is 0 Å². The highest BCUT2D eigenvalue weighted by Gasteiger charge is 2.08. The number of nitrogens with two attached hydrogens (primary N) is 2. The molecule has 4 heteroatoms. The van der Waals surface area contributed by atoms with Crippen molar-refractivity contribution in [1.29, 1.82) is 0 Å².